The van der Waals surface area contributed by atoms with Gasteiger partial charge in [-0.15, -0.1) is 5.10 Å². The highest BCUT2D eigenvalue weighted by Crippen LogP contribution is 2.41. The van der Waals surface area contributed by atoms with Crippen LogP contribution in [0.3, 0.4) is 0 Å². The van der Waals surface area contributed by atoms with Crippen LogP contribution in [-0.4, -0.2) is 27.2 Å². The maximum Gasteiger partial charge on any atom is 0.199 e. The Balaban J connectivity index is 2.64. The molecule has 100 valence electrons. The van der Waals surface area contributed by atoms with Crippen molar-refractivity contribution in [2.75, 3.05) is 7.11 Å². The molecule has 0 radical (unpaired) electrons. The van der Waals surface area contributed by atoms with Crippen LogP contribution in [0.2, 0.25) is 10.0 Å². The zero-order chi connectivity index (χ0) is 14.3. The number of pyridine rings is 1. The summed E-state index contributed by atoms with van der Waals surface area (Å²) in [5.74, 6) is 0.449. The first-order valence-corrected chi connectivity index (χ1v) is 6.05. The summed E-state index contributed by atoms with van der Waals surface area (Å²) in [6.45, 7) is 0. The zero-order valence-corrected chi connectivity index (χ0v) is 11.5. The van der Waals surface area contributed by atoms with Gasteiger partial charge in [-0.25, -0.2) is 0 Å². The van der Waals surface area contributed by atoms with Crippen molar-refractivity contribution in [1.82, 2.24) is 20.0 Å². The van der Waals surface area contributed by atoms with Crippen molar-refractivity contribution in [3.63, 3.8) is 0 Å². The van der Waals surface area contributed by atoms with Crippen LogP contribution < -0.4 is 4.74 Å². The maximum absolute atomic E-state index is 8.68. The number of tetrazole rings is 1. The Hall–Kier alpha value is -2.28. The van der Waals surface area contributed by atoms with Gasteiger partial charge in [-0.3, -0.25) is 0 Å². The van der Waals surface area contributed by atoms with Crippen LogP contribution in [0.25, 0.3) is 27.0 Å². The highest BCUT2D eigenvalue weighted by Gasteiger charge is 2.18. The molecule has 0 saturated heterocycles. The fourth-order valence-corrected chi connectivity index (χ4v) is 2.52. The average Bonchev–Trinajstić information content (AvgIpc) is 2.92. The molecule has 10 heteroatoms. The second-order valence-corrected chi connectivity index (χ2v) is 4.50. The molecular formula is C10H5Cl2N7O. The highest BCUT2D eigenvalue weighted by atomic mass is 35.5. The van der Waals surface area contributed by atoms with Crippen LogP contribution in [0, 0.1) is 0 Å². The van der Waals surface area contributed by atoms with Gasteiger partial charge in [0.1, 0.15) is 10.8 Å². The van der Waals surface area contributed by atoms with Crippen molar-refractivity contribution in [2.24, 2.45) is 5.11 Å². The van der Waals surface area contributed by atoms with Gasteiger partial charge in [-0.2, -0.15) is 4.52 Å². The van der Waals surface area contributed by atoms with Gasteiger partial charge in [0, 0.05) is 10.3 Å². The summed E-state index contributed by atoms with van der Waals surface area (Å²) in [6, 6.07) is 3.32. The van der Waals surface area contributed by atoms with Gasteiger partial charge in [0.05, 0.1) is 23.3 Å². The Kier molecular flexibility index (Phi) is 2.98. The summed E-state index contributed by atoms with van der Waals surface area (Å²) in [5.41, 5.74) is 9.60. The SMILES string of the molecule is COc1ccc2c(N=[N+]=[N-])c(Cl)c3nnnn3c2c1Cl. The Labute approximate surface area is 121 Å². The van der Waals surface area contributed by atoms with Gasteiger partial charge in [-0.1, -0.05) is 28.3 Å². The third-order valence-corrected chi connectivity index (χ3v) is 3.50. The molecule has 3 aromatic rings. The fourth-order valence-electron chi connectivity index (χ4n) is 1.94. The first-order chi connectivity index (χ1) is 9.69. The van der Waals surface area contributed by atoms with Crippen LogP contribution in [-0.2, 0) is 0 Å². The van der Waals surface area contributed by atoms with Crippen LogP contribution in [0.4, 0.5) is 5.69 Å². The molecular weight excluding hydrogens is 305 g/mol. The first-order valence-electron chi connectivity index (χ1n) is 5.30. The van der Waals surface area contributed by atoms with Crippen molar-refractivity contribution in [1.29, 1.82) is 0 Å². The lowest BCUT2D eigenvalue weighted by Crippen LogP contribution is -1.95. The Morgan fingerprint density at radius 1 is 1.35 bits per heavy atom. The van der Waals surface area contributed by atoms with Gasteiger partial charge in [0.25, 0.3) is 0 Å². The van der Waals surface area contributed by atoms with Crippen molar-refractivity contribution in [2.45, 2.75) is 0 Å². The van der Waals surface area contributed by atoms with Gasteiger partial charge >= 0.3 is 0 Å². The molecule has 0 fully saturated rings. The topological polar surface area (TPSA) is 101 Å². The molecule has 8 nitrogen and oxygen atoms in total. The lowest BCUT2D eigenvalue weighted by molar-refractivity contribution is 0.415. The number of nitrogens with zero attached hydrogens (tertiary/aromatic N) is 7. The number of rotatable bonds is 2. The van der Waals surface area contributed by atoms with Gasteiger partial charge in [0.15, 0.2) is 5.65 Å². The first kappa shape index (κ1) is 12.7. The minimum Gasteiger partial charge on any atom is -0.495 e. The van der Waals surface area contributed by atoms with Gasteiger partial charge in [0.2, 0.25) is 0 Å². The number of halogens is 2. The second-order valence-electron chi connectivity index (χ2n) is 3.74. The Morgan fingerprint density at radius 2 is 2.15 bits per heavy atom. The molecule has 0 aliphatic carbocycles. The van der Waals surface area contributed by atoms with E-state index in [1.165, 1.54) is 11.6 Å². The van der Waals surface area contributed by atoms with Gasteiger partial charge in [-0.05, 0) is 28.1 Å². The van der Waals surface area contributed by atoms with Crippen LogP contribution in [0.1, 0.15) is 0 Å². The summed E-state index contributed by atoms with van der Waals surface area (Å²) in [7, 11) is 1.49. The number of methoxy groups -OCH3 is 1. The van der Waals surface area contributed by atoms with E-state index in [1.807, 2.05) is 0 Å². The minimum absolute atomic E-state index is 0.154. The zero-order valence-electron chi connectivity index (χ0n) is 9.95. The molecule has 3 rings (SSSR count). The number of azide groups is 1. The molecule has 0 saturated carbocycles. The number of hydrogen-bond acceptors (Lipinski definition) is 5. The molecule has 2 heterocycles. The molecule has 0 spiro atoms. The Morgan fingerprint density at radius 3 is 2.85 bits per heavy atom. The molecule has 0 atom stereocenters. The maximum atomic E-state index is 8.68. The van der Waals surface area contributed by atoms with E-state index < -0.39 is 0 Å². The molecule has 0 bridgehead atoms. The van der Waals surface area contributed by atoms with E-state index >= 15 is 0 Å². The van der Waals surface area contributed by atoms with E-state index in [-0.39, 0.29) is 16.4 Å². The van der Waals surface area contributed by atoms with E-state index in [1.54, 1.807) is 12.1 Å². The minimum atomic E-state index is 0.154. The third-order valence-electron chi connectivity index (χ3n) is 2.79. The standard InChI is InChI=1S/C10H5Cl2N7O/c1-20-5-3-2-4-8(14-16-13)7(12)10-15-17-18-19(10)9(4)6(5)11/h2-3H,1H3. The summed E-state index contributed by atoms with van der Waals surface area (Å²) < 4.78 is 6.53. The quantitative estimate of drug-likeness (QED) is 0.410. The largest absolute Gasteiger partial charge is 0.495 e. The van der Waals surface area contributed by atoms with Crippen molar-refractivity contribution < 1.29 is 4.74 Å². The second kappa shape index (κ2) is 4.68. The third kappa shape index (κ3) is 1.63. The van der Waals surface area contributed by atoms with E-state index in [9.17, 15) is 0 Å². The van der Waals surface area contributed by atoms with Crippen molar-refractivity contribution >= 4 is 45.4 Å². The molecule has 20 heavy (non-hydrogen) atoms. The molecule has 0 aliphatic rings. The van der Waals surface area contributed by atoms with Crippen LogP contribution in [0.15, 0.2) is 17.2 Å². The summed E-state index contributed by atoms with van der Waals surface area (Å²) in [5, 5.41) is 15.8. The number of hydrogen-bond donors (Lipinski definition) is 0. The summed E-state index contributed by atoms with van der Waals surface area (Å²) in [6.07, 6.45) is 0. The van der Waals surface area contributed by atoms with Gasteiger partial charge < -0.3 is 4.74 Å². The normalized spacial score (nSPS) is 10.8. The molecule has 2 aromatic heterocycles. The van der Waals surface area contributed by atoms with E-state index in [2.05, 4.69) is 25.6 Å². The fraction of sp³-hybridized carbons (Fsp3) is 0.100. The van der Waals surface area contributed by atoms with Crippen molar-refractivity contribution in [3.8, 4) is 5.75 Å². The highest BCUT2D eigenvalue weighted by molar-refractivity contribution is 6.40. The van der Waals surface area contributed by atoms with Crippen LogP contribution >= 0.6 is 23.2 Å². The van der Waals surface area contributed by atoms with Crippen molar-refractivity contribution in [3.05, 3.63) is 32.6 Å². The summed E-state index contributed by atoms with van der Waals surface area (Å²) in [4.78, 5) is 2.77. The molecule has 0 N–H and O–H groups in total. The lowest BCUT2D eigenvalue weighted by atomic mass is 10.1. The molecule has 0 amide bonds. The number of benzene rings is 1. The number of fused-ring (bicyclic) bond motifs is 3. The Bertz CT molecular complexity index is 884. The molecule has 1 aromatic carbocycles. The average molecular weight is 310 g/mol. The number of ether oxygens (including phenoxy) is 1. The predicted octanol–water partition coefficient (Wildman–Crippen LogP) is 3.53. The monoisotopic (exact) mass is 309 g/mol. The van der Waals surface area contributed by atoms with E-state index in [4.69, 9.17) is 33.5 Å². The summed E-state index contributed by atoms with van der Waals surface area (Å²) >= 11 is 12.4. The smallest absolute Gasteiger partial charge is 0.199 e. The van der Waals surface area contributed by atoms with Crippen LogP contribution in [0.5, 0.6) is 5.75 Å². The number of aromatic nitrogens is 4. The predicted molar refractivity (Wildman–Crippen MR) is 73.7 cm³/mol. The lowest BCUT2D eigenvalue weighted by Gasteiger charge is -2.10. The van der Waals surface area contributed by atoms with E-state index in [0.717, 1.165) is 0 Å². The molecule has 0 aliphatic heterocycles. The van der Waals surface area contributed by atoms with E-state index in [0.29, 0.717) is 21.7 Å². The molecule has 0 unspecified atom stereocenters.